The molecule has 0 aromatic carbocycles. The molecule has 4 heterocycles. The quantitative estimate of drug-likeness (QED) is 0.356. The first-order chi connectivity index (χ1) is 18.4. The fraction of sp³-hybridized carbons (Fsp3) is 0.333. The Bertz CT molecular complexity index is 1670. The Morgan fingerprint density at radius 1 is 1.10 bits per heavy atom. The number of fused-ring (bicyclic) bond motifs is 1. The predicted molar refractivity (Wildman–Crippen MR) is 133 cm³/mol. The minimum atomic E-state index is -4.68. The third-order valence-electron chi connectivity index (χ3n) is 5.92. The van der Waals surface area contributed by atoms with Crippen LogP contribution in [0.15, 0.2) is 46.5 Å². The van der Waals surface area contributed by atoms with Crippen LogP contribution in [0.1, 0.15) is 38.6 Å². The Kier molecular flexibility index (Phi) is 7.42. The molecular weight excluding hydrogens is 521 g/mol. The molecule has 0 fully saturated rings. The first-order valence-corrected chi connectivity index (χ1v) is 11.8. The lowest BCUT2D eigenvalue weighted by Gasteiger charge is -2.15. The number of halogens is 3. The number of nitrogens with zero attached hydrogens (tertiary/aromatic N) is 7. The molecule has 0 bridgehead atoms. The average Bonchev–Trinajstić information content (AvgIpc) is 3.35. The van der Waals surface area contributed by atoms with Gasteiger partial charge in [0.05, 0.1) is 18.6 Å². The van der Waals surface area contributed by atoms with Gasteiger partial charge in [0.25, 0.3) is 5.56 Å². The first kappa shape index (κ1) is 27.3. The summed E-state index contributed by atoms with van der Waals surface area (Å²) in [6.45, 7) is 2.91. The van der Waals surface area contributed by atoms with Crippen LogP contribution in [0.4, 0.5) is 19.0 Å². The van der Waals surface area contributed by atoms with Crippen molar-refractivity contribution >= 4 is 28.7 Å². The van der Waals surface area contributed by atoms with Crippen molar-refractivity contribution in [1.29, 1.82) is 0 Å². The number of aromatic nitrogens is 7. The second-order valence-corrected chi connectivity index (χ2v) is 8.71. The van der Waals surface area contributed by atoms with Crippen molar-refractivity contribution in [2.24, 2.45) is 7.05 Å². The van der Waals surface area contributed by atoms with E-state index in [0.29, 0.717) is 6.42 Å². The van der Waals surface area contributed by atoms with E-state index in [1.165, 1.54) is 43.1 Å². The van der Waals surface area contributed by atoms with Crippen LogP contribution in [0.2, 0.25) is 0 Å². The third kappa shape index (κ3) is 5.46. The highest BCUT2D eigenvalue weighted by atomic mass is 19.4. The highest BCUT2D eigenvalue weighted by molar-refractivity contribution is 5.93. The number of carbonyl (C=O) groups is 2. The Morgan fingerprint density at radius 3 is 2.44 bits per heavy atom. The maximum atomic E-state index is 13.2. The minimum absolute atomic E-state index is 0.0346. The number of amides is 1. The second-order valence-electron chi connectivity index (χ2n) is 8.71. The smallest absolute Gasteiger partial charge is 0.312 e. The van der Waals surface area contributed by atoms with Crippen molar-refractivity contribution < 1.29 is 22.8 Å². The van der Waals surface area contributed by atoms with Crippen molar-refractivity contribution in [3.8, 4) is 11.3 Å². The van der Waals surface area contributed by atoms with E-state index < -0.39 is 41.7 Å². The van der Waals surface area contributed by atoms with E-state index in [0.717, 1.165) is 21.5 Å². The number of nitrogens with one attached hydrogen (secondary N) is 1. The van der Waals surface area contributed by atoms with Crippen LogP contribution in [-0.2, 0) is 29.4 Å². The van der Waals surface area contributed by atoms with E-state index in [4.69, 9.17) is 0 Å². The van der Waals surface area contributed by atoms with Gasteiger partial charge in [-0.25, -0.2) is 24.7 Å². The molecule has 12 nitrogen and oxygen atoms in total. The van der Waals surface area contributed by atoms with E-state index in [2.05, 4.69) is 25.3 Å². The molecule has 1 amide bonds. The highest BCUT2D eigenvalue weighted by Gasteiger charge is 2.34. The maximum absolute atomic E-state index is 13.2. The van der Waals surface area contributed by atoms with Gasteiger partial charge in [-0.1, -0.05) is 13.0 Å². The number of ketones is 1. The fourth-order valence-electron chi connectivity index (χ4n) is 3.89. The van der Waals surface area contributed by atoms with E-state index in [-0.39, 0.29) is 40.4 Å². The summed E-state index contributed by atoms with van der Waals surface area (Å²) in [6, 6.07) is 3.52. The molecule has 4 aromatic rings. The normalized spacial score (nSPS) is 12.5. The van der Waals surface area contributed by atoms with E-state index in [1.54, 1.807) is 6.92 Å². The molecule has 4 aromatic heterocycles. The Hall–Kier alpha value is -4.69. The van der Waals surface area contributed by atoms with Crippen LogP contribution in [-0.4, -0.2) is 45.3 Å². The first-order valence-electron chi connectivity index (χ1n) is 11.8. The summed E-state index contributed by atoms with van der Waals surface area (Å²) in [5.41, 5.74) is -1.02. The maximum Gasteiger partial charge on any atom is 0.451 e. The standard InChI is InChI=1S/C24H23F3N8O4/c1-4-6-15(36)11-34-21(38)18-19(33(3)23(34)39)30-12-35(18)13(2)20(37)32-17-8-5-7-16(31-17)14-9-28-22(29-10-14)24(25,26)27/h5,7-10,12-13H,4,6,11H2,1-3H3,(H,31,32,37)/t13-/m0/s1. The van der Waals surface area contributed by atoms with Gasteiger partial charge in [0.2, 0.25) is 11.7 Å². The summed E-state index contributed by atoms with van der Waals surface area (Å²) >= 11 is 0. The molecule has 39 heavy (non-hydrogen) atoms. The van der Waals surface area contributed by atoms with Crippen LogP contribution in [0.5, 0.6) is 0 Å². The van der Waals surface area contributed by atoms with Gasteiger partial charge in [0.1, 0.15) is 11.9 Å². The third-order valence-corrected chi connectivity index (χ3v) is 5.92. The van der Waals surface area contributed by atoms with Gasteiger partial charge in [0, 0.05) is 31.4 Å². The molecule has 4 rings (SSSR count). The Balaban J connectivity index is 1.62. The molecule has 0 aliphatic rings. The van der Waals surface area contributed by atoms with Crippen LogP contribution in [0, 0.1) is 0 Å². The lowest BCUT2D eigenvalue weighted by atomic mass is 10.2. The molecule has 0 unspecified atom stereocenters. The Morgan fingerprint density at radius 2 is 1.79 bits per heavy atom. The summed E-state index contributed by atoms with van der Waals surface area (Å²) in [7, 11) is 1.41. The number of hydrogen-bond donors (Lipinski definition) is 1. The fourth-order valence-corrected chi connectivity index (χ4v) is 3.89. The Labute approximate surface area is 218 Å². The zero-order chi connectivity index (χ0) is 28.5. The van der Waals surface area contributed by atoms with Gasteiger partial charge in [0.15, 0.2) is 16.9 Å². The van der Waals surface area contributed by atoms with Gasteiger partial charge >= 0.3 is 11.9 Å². The van der Waals surface area contributed by atoms with Crippen molar-refractivity contribution in [3.63, 3.8) is 0 Å². The zero-order valence-electron chi connectivity index (χ0n) is 21.1. The SMILES string of the molecule is CCCC(=O)Cn1c(=O)c2c(ncn2[C@@H](C)C(=O)Nc2cccc(-c3cnc(C(F)(F)F)nc3)n2)n(C)c1=O. The molecule has 0 spiro atoms. The zero-order valence-corrected chi connectivity index (χ0v) is 21.1. The lowest BCUT2D eigenvalue weighted by Crippen LogP contribution is -2.41. The predicted octanol–water partition coefficient (Wildman–Crippen LogP) is 2.34. The summed E-state index contributed by atoms with van der Waals surface area (Å²) in [4.78, 5) is 66.1. The van der Waals surface area contributed by atoms with E-state index in [9.17, 15) is 32.3 Å². The molecule has 0 saturated heterocycles. The molecule has 0 saturated carbocycles. The molecule has 1 atom stereocenters. The number of anilines is 1. The number of carbonyl (C=O) groups excluding carboxylic acids is 2. The average molecular weight is 544 g/mol. The summed E-state index contributed by atoms with van der Waals surface area (Å²) in [5.74, 6) is -2.08. The topological polar surface area (TPSA) is 147 Å². The number of Topliss-reactive ketones (excluding diaryl/α,β-unsaturated/α-hetero) is 1. The number of imidazole rings is 1. The van der Waals surface area contributed by atoms with Crippen molar-refractivity contribution in [1.82, 2.24) is 33.6 Å². The highest BCUT2D eigenvalue weighted by Crippen LogP contribution is 2.27. The van der Waals surface area contributed by atoms with Gasteiger partial charge in [-0.2, -0.15) is 13.2 Å². The minimum Gasteiger partial charge on any atom is -0.312 e. The van der Waals surface area contributed by atoms with Crippen LogP contribution >= 0.6 is 0 Å². The summed E-state index contributed by atoms with van der Waals surface area (Å²) < 4.78 is 41.5. The summed E-state index contributed by atoms with van der Waals surface area (Å²) in [5, 5.41) is 2.60. The van der Waals surface area contributed by atoms with Gasteiger partial charge < -0.3 is 9.88 Å². The van der Waals surface area contributed by atoms with Gasteiger partial charge in [-0.3, -0.25) is 23.5 Å². The van der Waals surface area contributed by atoms with Crippen molar-refractivity contribution in [2.45, 2.75) is 45.5 Å². The molecule has 0 radical (unpaired) electrons. The van der Waals surface area contributed by atoms with Gasteiger partial charge in [-0.05, 0) is 25.5 Å². The van der Waals surface area contributed by atoms with E-state index >= 15 is 0 Å². The van der Waals surface area contributed by atoms with Crippen LogP contribution in [0.25, 0.3) is 22.4 Å². The largest absolute Gasteiger partial charge is 0.451 e. The molecule has 1 N–H and O–H groups in total. The number of aryl methyl sites for hydroxylation is 1. The number of rotatable bonds is 8. The van der Waals surface area contributed by atoms with Crippen molar-refractivity contribution in [2.75, 3.05) is 5.32 Å². The lowest BCUT2D eigenvalue weighted by molar-refractivity contribution is -0.145. The van der Waals surface area contributed by atoms with Gasteiger partial charge in [-0.15, -0.1) is 0 Å². The number of alkyl halides is 3. The molecule has 204 valence electrons. The van der Waals surface area contributed by atoms with Crippen molar-refractivity contribution in [3.05, 3.63) is 63.6 Å². The molecule has 0 aliphatic carbocycles. The van der Waals surface area contributed by atoms with E-state index in [1.807, 2.05) is 0 Å². The van der Waals surface area contributed by atoms with Crippen LogP contribution in [0.3, 0.4) is 0 Å². The molecular formula is C24H23F3N8O4. The molecule has 0 aliphatic heterocycles. The second kappa shape index (κ2) is 10.6. The number of pyridine rings is 1. The molecule has 15 heteroatoms. The summed E-state index contributed by atoms with van der Waals surface area (Å²) in [6.07, 6.45) is -0.717. The van der Waals surface area contributed by atoms with Crippen LogP contribution < -0.4 is 16.6 Å². The monoisotopic (exact) mass is 544 g/mol. The number of hydrogen-bond acceptors (Lipinski definition) is 8.